The van der Waals surface area contributed by atoms with Crippen molar-refractivity contribution < 1.29 is 24.7 Å². The summed E-state index contributed by atoms with van der Waals surface area (Å²) in [5.41, 5.74) is 5.86. The summed E-state index contributed by atoms with van der Waals surface area (Å²) in [5, 5.41) is 30.6. The number of benzene rings is 1. The largest absolute Gasteiger partial charge is 0.474 e. The second-order valence-electron chi connectivity index (χ2n) is 4.11. The summed E-state index contributed by atoms with van der Waals surface area (Å²) in [6.45, 7) is 0.472. The molecule has 2 rings (SSSR count). The normalized spacial score (nSPS) is 9.58. The lowest BCUT2D eigenvalue weighted by Gasteiger charge is -1.97. The van der Waals surface area contributed by atoms with E-state index in [1.807, 2.05) is 0 Å². The molecule has 0 saturated heterocycles. The van der Waals surface area contributed by atoms with E-state index in [1.165, 1.54) is 24.3 Å². The van der Waals surface area contributed by atoms with Gasteiger partial charge in [-0.25, -0.2) is 9.78 Å². The van der Waals surface area contributed by atoms with E-state index in [2.05, 4.69) is 10.3 Å². The summed E-state index contributed by atoms with van der Waals surface area (Å²) < 4.78 is 0. The molecule has 1 aromatic carbocycles. The van der Waals surface area contributed by atoms with Crippen LogP contribution in [0.25, 0.3) is 11.3 Å². The summed E-state index contributed by atoms with van der Waals surface area (Å²) in [6, 6.07) is 5.72. The molecule has 1 aromatic heterocycles. The molecule has 2 aromatic rings. The van der Waals surface area contributed by atoms with Crippen molar-refractivity contribution in [1.29, 1.82) is 0 Å². The van der Waals surface area contributed by atoms with Crippen molar-refractivity contribution >= 4 is 34.0 Å². The van der Waals surface area contributed by atoms with Crippen molar-refractivity contribution in [2.75, 3.05) is 18.5 Å². The first-order chi connectivity index (χ1) is 11.4. The van der Waals surface area contributed by atoms with Crippen LogP contribution in [0.15, 0.2) is 29.6 Å². The molecule has 0 spiro atoms. The van der Waals surface area contributed by atoms with Crippen molar-refractivity contribution in [2.45, 2.75) is 0 Å². The van der Waals surface area contributed by atoms with Crippen molar-refractivity contribution in [3.63, 3.8) is 0 Å². The molecule has 0 atom stereocenters. The van der Waals surface area contributed by atoms with Gasteiger partial charge in [-0.3, -0.25) is 20.2 Å². The van der Waals surface area contributed by atoms with Gasteiger partial charge in [-0.2, -0.15) is 0 Å². The maximum absolute atomic E-state index is 11.0. The molecule has 128 valence electrons. The van der Waals surface area contributed by atoms with Gasteiger partial charge in [0, 0.05) is 29.6 Å². The minimum Gasteiger partial charge on any atom is -0.474 e. The molecule has 11 heteroatoms. The highest BCUT2D eigenvalue weighted by atomic mass is 32.1. The average molecular weight is 354 g/mol. The van der Waals surface area contributed by atoms with Crippen LogP contribution in [-0.2, 0) is 9.59 Å². The number of aromatic nitrogens is 1. The fourth-order valence-electron chi connectivity index (χ4n) is 1.37. The number of thiazole rings is 1. The predicted octanol–water partition coefficient (Wildman–Crippen LogP) is 0.679. The highest BCUT2D eigenvalue weighted by Crippen LogP contribution is 2.26. The SMILES string of the molecule is NCCO.O=C(O)C(=O)Nc1nc(-c2ccc([N+](=O)[O-])cc2)cs1. The van der Waals surface area contributed by atoms with Gasteiger partial charge in [0.2, 0.25) is 0 Å². The Morgan fingerprint density at radius 1 is 1.33 bits per heavy atom. The van der Waals surface area contributed by atoms with E-state index in [-0.39, 0.29) is 17.4 Å². The first-order valence-corrected chi connectivity index (χ1v) is 7.32. The van der Waals surface area contributed by atoms with Gasteiger partial charge in [0.15, 0.2) is 5.13 Å². The number of carbonyl (C=O) groups excluding carboxylic acids is 1. The molecule has 0 radical (unpaired) electrons. The molecule has 0 bridgehead atoms. The number of aliphatic hydroxyl groups excluding tert-OH is 1. The number of aliphatic hydroxyl groups is 1. The lowest BCUT2D eigenvalue weighted by atomic mass is 10.1. The Bertz CT molecular complexity index is 714. The van der Waals surface area contributed by atoms with E-state index in [0.29, 0.717) is 17.8 Å². The number of carboxylic acid groups (broad SMARTS) is 1. The maximum Gasteiger partial charge on any atom is 0.394 e. The number of hydrogen-bond donors (Lipinski definition) is 4. The Labute approximate surface area is 139 Å². The number of anilines is 1. The molecule has 5 N–H and O–H groups in total. The van der Waals surface area contributed by atoms with Crippen LogP contribution in [-0.4, -0.2) is 45.1 Å². The van der Waals surface area contributed by atoms with E-state index in [0.717, 1.165) is 11.3 Å². The molecule has 1 heterocycles. The zero-order valence-corrected chi connectivity index (χ0v) is 13.0. The van der Waals surface area contributed by atoms with Gasteiger partial charge in [-0.1, -0.05) is 0 Å². The summed E-state index contributed by atoms with van der Waals surface area (Å²) >= 11 is 1.06. The number of amides is 1. The predicted molar refractivity (Wildman–Crippen MR) is 86.6 cm³/mol. The number of nitrogens with two attached hydrogens (primary N) is 1. The molecule has 10 nitrogen and oxygen atoms in total. The number of nitrogens with zero attached hydrogens (tertiary/aromatic N) is 2. The van der Waals surface area contributed by atoms with Crippen LogP contribution in [0.3, 0.4) is 0 Å². The smallest absolute Gasteiger partial charge is 0.394 e. The van der Waals surface area contributed by atoms with Gasteiger partial charge in [0.1, 0.15) is 0 Å². The number of aliphatic carboxylic acids is 1. The second-order valence-corrected chi connectivity index (χ2v) is 4.97. The molecule has 24 heavy (non-hydrogen) atoms. The quantitative estimate of drug-likeness (QED) is 0.353. The Balaban J connectivity index is 0.000000648. The molecule has 1 amide bonds. The third kappa shape index (κ3) is 5.72. The number of carboxylic acids is 1. The van der Waals surface area contributed by atoms with E-state index < -0.39 is 16.8 Å². The maximum atomic E-state index is 11.0. The van der Waals surface area contributed by atoms with Crippen LogP contribution in [0.2, 0.25) is 0 Å². The molecule has 0 aliphatic heterocycles. The zero-order chi connectivity index (χ0) is 18.1. The molecular weight excluding hydrogens is 340 g/mol. The van der Waals surface area contributed by atoms with Gasteiger partial charge in [0.05, 0.1) is 17.2 Å². The first-order valence-electron chi connectivity index (χ1n) is 6.44. The first kappa shape index (κ1) is 19.2. The summed E-state index contributed by atoms with van der Waals surface area (Å²) in [4.78, 5) is 35.4. The standard InChI is InChI=1S/C11H7N3O5S.C2H7NO/c15-9(10(16)17)13-11-12-8(5-20-11)6-1-3-7(4-2-6)14(18)19;3-1-2-4/h1-5H,(H,16,17)(H,12,13,15);4H,1-3H2. The van der Waals surface area contributed by atoms with Gasteiger partial charge in [0.25, 0.3) is 5.69 Å². The van der Waals surface area contributed by atoms with E-state index in [4.69, 9.17) is 15.9 Å². The molecular formula is C13H14N4O6S. The summed E-state index contributed by atoms with van der Waals surface area (Å²) in [7, 11) is 0. The number of nitrogens with one attached hydrogen (secondary N) is 1. The number of nitro benzene ring substituents is 1. The van der Waals surface area contributed by atoms with Crippen molar-refractivity contribution in [3.05, 3.63) is 39.8 Å². The van der Waals surface area contributed by atoms with Crippen molar-refractivity contribution in [2.24, 2.45) is 5.73 Å². The van der Waals surface area contributed by atoms with E-state index in [9.17, 15) is 19.7 Å². The van der Waals surface area contributed by atoms with Gasteiger partial charge >= 0.3 is 11.9 Å². The van der Waals surface area contributed by atoms with Crippen LogP contribution in [0.4, 0.5) is 10.8 Å². The number of non-ortho nitro benzene ring substituents is 1. The average Bonchev–Trinajstić information content (AvgIpc) is 3.03. The van der Waals surface area contributed by atoms with Crippen LogP contribution < -0.4 is 11.1 Å². The summed E-state index contributed by atoms with van der Waals surface area (Å²) in [6.07, 6.45) is 0. The second kappa shape index (κ2) is 9.29. The Morgan fingerprint density at radius 2 is 1.92 bits per heavy atom. The molecule has 0 fully saturated rings. The van der Waals surface area contributed by atoms with Crippen LogP contribution >= 0.6 is 11.3 Å². The van der Waals surface area contributed by atoms with Gasteiger partial charge < -0.3 is 15.9 Å². The Morgan fingerprint density at radius 3 is 2.38 bits per heavy atom. The highest BCUT2D eigenvalue weighted by Gasteiger charge is 2.14. The zero-order valence-electron chi connectivity index (χ0n) is 12.2. The van der Waals surface area contributed by atoms with Crippen molar-refractivity contribution in [1.82, 2.24) is 4.98 Å². The van der Waals surface area contributed by atoms with Crippen LogP contribution in [0.1, 0.15) is 0 Å². The van der Waals surface area contributed by atoms with Gasteiger partial charge in [-0.05, 0) is 12.1 Å². The van der Waals surface area contributed by atoms with Gasteiger partial charge in [-0.15, -0.1) is 11.3 Å². The minimum atomic E-state index is -1.60. The molecule has 0 unspecified atom stereocenters. The summed E-state index contributed by atoms with van der Waals surface area (Å²) in [5.74, 6) is -2.77. The number of hydrogen-bond acceptors (Lipinski definition) is 8. The van der Waals surface area contributed by atoms with E-state index >= 15 is 0 Å². The monoisotopic (exact) mass is 354 g/mol. The Kier molecular flexibility index (Phi) is 7.42. The highest BCUT2D eigenvalue weighted by molar-refractivity contribution is 7.14. The third-order valence-corrected chi connectivity index (χ3v) is 3.18. The van der Waals surface area contributed by atoms with Crippen LogP contribution in [0.5, 0.6) is 0 Å². The third-order valence-electron chi connectivity index (χ3n) is 2.42. The molecule has 0 aliphatic rings. The number of rotatable bonds is 4. The lowest BCUT2D eigenvalue weighted by molar-refractivity contribution is -0.384. The van der Waals surface area contributed by atoms with E-state index in [1.54, 1.807) is 5.38 Å². The minimum absolute atomic E-state index is 0.0385. The fourth-order valence-corrected chi connectivity index (χ4v) is 2.08. The molecule has 0 aliphatic carbocycles. The number of carbonyl (C=O) groups is 2. The molecule has 0 saturated carbocycles. The van der Waals surface area contributed by atoms with Crippen molar-refractivity contribution in [3.8, 4) is 11.3 Å². The topological polar surface area (TPSA) is 169 Å². The number of nitro groups is 1. The van der Waals surface area contributed by atoms with Crippen LogP contribution in [0, 0.1) is 10.1 Å². The Hall–Kier alpha value is -2.89. The fraction of sp³-hybridized carbons (Fsp3) is 0.154. The lowest BCUT2D eigenvalue weighted by Crippen LogP contribution is -2.21.